The Morgan fingerprint density at radius 3 is 3.09 bits per heavy atom. The first kappa shape index (κ1) is 15.5. The number of aromatic nitrogens is 1. The van der Waals surface area contributed by atoms with Gasteiger partial charge in [0, 0.05) is 17.6 Å². The van der Waals surface area contributed by atoms with E-state index < -0.39 is 0 Å². The normalized spacial score (nSPS) is 19.9. The lowest BCUT2D eigenvalue weighted by atomic mass is 10.1. The van der Waals surface area contributed by atoms with Gasteiger partial charge in [-0.15, -0.1) is 11.3 Å². The predicted octanol–water partition coefficient (Wildman–Crippen LogP) is 3.36. The zero-order valence-corrected chi connectivity index (χ0v) is 14.2. The number of urea groups is 1. The van der Waals surface area contributed by atoms with Gasteiger partial charge in [-0.05, 0) is 36.2 Å². The number of ether oxygens (including phenoxy) is 1. The SMILES string of the molecule is Cc1csc([C@@H](C)NC(=O)N2CCO[C@@H](c3ccsc3)C2)n1. The molecular formula is C15H19N3O2S2. The molecule has 0 spiro atoms. The second-order valence-corrected chi connectivity index (χ2v) is 7.03. The molecule has 1 aliphatic heterocycles. The molecule has 0 saturated carbocycles. The summed E-state index contributed by atoms with van der Waals surface area (Å²) in [5.41, 5.74) is 2.14. The van der Waals surface area contributed by atoms with Crippen LogP contribution in [0, 0.1) is 6.92 Å². The molecule has 1 saturated heterocycles. The molecule has 1 aliphatic rings. The van der Waals surface area contributed by atoms with E-state index in [-0.39, 0.29) is 18.2 Å². The average Bonchev–Trinajstić information content (AvgIpc) is 3.18. The molecule has 0 radical (unpaired) electrons. The second kappa shape index (κ2) is 6.76. The number of hydrogen-bond acceptors (Lipinski definition) is 5. The molecule has 1 N–H and O–H groups in total. The smallest absolute Gasteiger partial charge is 0.318 e. The highest BCUT2D eigenvalue weighted by Crippen LogP contribution is 2.24. The molecule has 2 amide bonds. The van der Waals surface area contributed by atoms with Crippen molar-refractivity contribution in [3.8, 4) is 0 Å². The molecule has 22 heavy (non-hydrogen) atoms. The third-order valence-corrected chi connectivity index (χ3v) is 5.46. The fourth-order valence-corrected chi connectivity index (χ4v) is 3.91. The summed E-state index contributed by atoms with van der Waals surface area (Å²) >= 11 is 3.22. The molecule has 0 aliphatic carbocycles. The Morgan fingerprint density at radius 2 is 2.41 bits per heavy atom. The summed E-state index contributed by atoms with van der Waals surface area (Å²) in [6.07, 6.45) is -0.0248. The number of thiazole rings is 1. The molecule has 3 heterocycles. The highest BCUT2D eigenvalue weighted by atomic mass is 32.1. The summed E-state index contributed by atoms with van der Waals surface area (Å²) in [6.45, 7) is 5.70. The van der Waals surface area contributed by atoms with Gasteiger partial charge in [-0.25, -0.2) is 9.78 Å². The van der Waals surface area contributed by atoms with Crippen molar-refractivity contribution in [3.05, 3.63) is 38.5 Å². The molecule has 3 rings (SSSR count). The van der Waals surface area contributed by atoms with Crippen LogP contribution in [0.1, 0.15) is 35.3 Å². The van der Waals surface area contributed by atoms with Gasteiger partial charge in [0.2, 0.25) is 0 Å². The lowest BCUT2D eigenvalue weighted by Gasteiger charge is -2.33. The number of carbonyl (C=O) groups excluding carboxylic acids is 1. The van der Waals surface area contributed by atoms with E-state index in [9.17, 15) is 4.79 Å². The zero-order valence-electron chi connectivity index (χ0n) is 12.6. The van der Waals surface area contributed by atoms with Crippen LogP contribution in [0.25, 0.3) is 0 Å². The van der Waals surface area contributed by atoms with Gasteiger partial charge in [-0.1, -0.05) is 0 Å². The fraction of sp³-hybridized carbons (Fsp3) is 0.467. The monoisotopic (exact) mass is 337 g/mol. The Hall–Kier alpha value is -1.44. The molecule has 2 atom stereocenters. The van der Waals surface area contributed by atoms with E-state index in [2.05, 4.69) is 21.7 Å². The van der Waals surface area contributed by atoms with Crippen molar-refractivity contribution in [2.45, 2.75) is 26.0 Å². The van der Waals surface area contributed by atoms with E-state index in [0.717, 1.165) is 16.3 Å². The van der Waals surface area contributed by atoms with Crippen molar-refractivity contribution in [2.24, 2.45) is 0 Å². The number of nitrogens with zero attached hydrogens (tertiary/aromatic N) is 2. The second-order valence-electron chi connectivity index (χ2n) is 5.36. The van der Waals surface area contributed by atoms with Crippen molar-refractivity contribution in [2.75, 3.05) is 19.7 Å². The largest absolute Gasteiger partial charge is 0.370 e. The van der Waals surface area contributed by atoms with Crippen molar-refractivity contribution < 1.29 is 9.53 Å². The number of hydrogen-bond donors (Lipinski definition) is 1. The molecule has 1 fully saturated rings. The van der Waals surface area contributed by atoms with Gasteiger partial charge in [0.1, 0.15) is 11.1 Å². The van der Waals surface area contributed by atoms with E-state index in [0.29, 0.717) is 19.7 Å². The fourth-order valence-electron chi connectivity index (χ4n) is 2.40. The molecule has 0 bridgehead atoms. The molecule has 118 valence electrons. The Balaban J connectivity index is 1.59. The molecule has 0 aromatic carbocycles. The quantitative estimate of drug-likeness (QED) is 0.934. The summed E-state index contributed by atoms with van der Waals surface area (Å²) in [5, 5.41) is 10.1. The van der Waals surface area contributed by atoms with Crippen LogP contribution in [0.5, 0.6) is 0 Å². The number of rotatable bonds is 3. The van der Waals surface area contributed by atoms with Gasteiger partial charge in [0.25, 0.3) is 0 Å². The number of aryl methyl sites for hydroxylation is 1. The standard InChI is InChI=1S/C15H19N3O2S2/c1-10-8-22-14(16-10)11(2)17-15(19)18-4-5-20-13(7-18)12-3-6-21-9-12/h3,6,8-9,11,13H,4-5,7H2,1-2H3,(H,17,19)/t11-,13-/m1/s1. The van der Waals surface area contributed by atoms with Crippen molar-refractivity contribution >= 4 is 28.7 Å². The van der Waals surface area contributed by atoms with E-state index in [1.165, 1.54) is 0 Å². The predicted molar refractivity (Wildman–Crippen MR) is 88.4 cm³/mol. The molecule has 7 heteroatoms. The number of morpholine rings is 1. The minimum Gasteiger partial charge on any atom is -0.370 e. The Morgan fingerprint density at radius 1 is 1.55 bits per heavy atom. The topological polar surface area (TPSA) is 54.5 Å². The van der Waals surface area contributed by atoms with Crippen LogP contribution in [0.3, 0.4) is 0 Å². The summed E-state index contributed by atoms with van der Waals surface area (Å²) < 4.78 is 5.77. The summed E-state index contributed by atoms with van der Waals surface area (Å²) in [4.78, 5) is 18.7. The van der Waals surface area contributed by atoms with Gasteiger partial charge < -0.3 is 15.0 Å². The summed E-state index contributed by atoms with van der Waals surface area (Å²) in [7, 11) is 0. The minimum absolute atomic E-state index is 0.0248. The highest BCUT2D eigenvalue weighted by Gasteiger charge is 2.26. The lowest BCUT2D eigenvalue weighted by Crippen LogP contribution is -2.47. The number of carbonyl (C=O) groups is 1. The van der Waals surface area contributed by atoms with E-state index in [1.54, 1.807) is 22.7 Å². The molecular weight excluding hydrogens is 318 g/mol. The summed E-state index contributed by atoms with van der Waals surface area (Å²) in [6, 6.07) is 1.93. The van der Waals surface area contributed by atoms with Crippen LogP contribution in [0.15, 0.2) is 22.2 Å². The van der Waals surface area contributed by atoms with Crippen LogP contribution >= 0.6 is 22.7 Å². The average molecular weight is 337 g/mol. The van der Waals surface area contributed by atoms with E-state index in [1.807, 2.05) is 29.5 Å². The molecule has 0 unspecified atom stereocenters. The first-order valence-corrected chi connectivity index (χ1v) is 9.07. The van der Waals surface area contributed by atoms with Crippen LogP contribution in [0.2, 0.25) is 0 Å². The van der Waals surface area contributed by atoms with Crippen LogP contribution in [-0.4, -0.2) is 35.6 Å². The lowest BCUT2D eigenvalue weighted by molar-refractivity contribution is -0.0155. The maximum atomic E-state index is 12.4. The van der Waals surface area contributed by atoms with Crippen molar-refractivity contribution in [1.29, 1.82) is 0 Å². The Bertz CT molecular complexity index is 627. The number of amides is 2. The Labute approximate surface area is 137 Å². The van der Waals surface area contributed by atoms with Gasteiger partial charge in [-0.3, -0.25) is 0 Å². The third-order valence-electron chi connectivity index (χ3n) is 3.62. The van der Waals surface area contributed by atoms with Crippen LogP contribution in [-0.2, 0) is 4.74 Å². The van der Waals surface area contributed by atoms with E-state index >= 15 is 0 Å². The van der Waals surface area contributed by atoms with Gasteiger partial charge in [0.15, 0.2) is 0 Å². The van der Waals surface area contributed by atoms with E-state index in [4.69, 9.17) is 4.74 Å². The first-order valence-electron chi connectivity index (χ1n) is 7.24. The van der Waals surface area contributed by atoms with Crippen LogP contribution in [0.4, 0.5) is 4.79 Å². The highest BCUT2D eigenvalue weighted by molar-refractivity contribution is 7.09. The maximum Gasteiger partial charge on any atom is 0.318 e. The Kier molecular flexibility index (Phi) is 4.75. The minimum atomic E-state index is -0.0753. The van der Waals surface area contributed by atoms with Crippen molar-refractivity contribution in [1.82, 2.24) is 15.2 Å². The molecule has 2 aromatic rings. The summed E-state index contributed by atoms with van der Waals surface area (Å²) in [5.74, 6) is 0. The van der Waals surface area contributed by atoms with Gasteiger partial charge in [0.05, 0.1) is 19.2 Å². The van der Waals surface area contributed by atoms with Crippen LogP contribution < -0.4 is 5.32 Å². The first-order chi connectivity index (χ1) is 10.6. The third kappa shape index (κ3) is 3.48. The number of thiophene rings is 1. The van der Waals surface area contributed by atoms with Crippen molar-refractivity contribution in [3.63, 3.8) is 0 Å². The zero-order chi connectivity index (χ0) is 15.5. The van der Waals surface area contributed by atoms with Gasteiger partial charge >= 0.3 is 6.03 Å². The number of nitrogens with one attached hydrogen (secondary N) is 1. The molecule has 5 nitrogen and oxygen atoms in total. The van der Waals surface area contributed by atoms with Gasteiger partial charge in [-0.2, -0.15) is 11.3 Å². The maximum absolute atomic E-state index is 12.4. The molecule has 2 aromatic heterocycles.